The van der Waals surface area contributed by atoms with Crippen LogP contribution in [0.4, 0.5) is 9.59 Å². The van der Waals surface area contributed by atoms with E-state index in [1.165, 1.54) is 0 Å². The van der Waals surface area contributed by atoms with Crippen LogP contribution in [0.25, 0.3) is 0 Å². The van der Waals surface area contributed by atoms with Crippen molar-refractivity contribution in [2.45, 2.75) is 0 Å². The van der Waals surface area contributed by atoms with Gasteiger partial charge in [0.05, 0.1) is 10.5 Å². The normalized spacial score (nSPS) is 4.91. The smallest absolute Gasteiger partial charge is 0.719 e. The van der Waals surface area contributed by atoms with E-state index in [1.54, 1.807) is 0 Å². The van der Waals surface area contributed by atoms with E-state index >= 15 is 0 Å². The molecule has 0 aliphatic rings. The molecule has 0 atom stereocenters. The molecule has 0 saturated carbocycles. The van der Waals surface area contributed by atoms with E-state index in [-0.39, 0.29) is 19.5 Å². The first-order chi connectivity index (χ1) is 4.46. The van der Waals surface area contributed by atoms with Crippen molar-refractivity contribution < 1.29 is 34.2 Å². The maximum Gasteiger partial charge on any atom is 2.00 e. The fourth-order valence-corrected chi connectivity index (χ4v) is 0. The van der Waals surface area contributed by atoms with E-state index in [9.17, 15) is 0 Å². The van der Waals surface area contributed by atoms with E-state index in [0.29, 0.717) is 0 Å². The molecule has 0 unspecified atom stereocenters. The summed E-state index contributed by atoms with van der Waals surface area (Å²) in [4.78, 5) is 18.1. The minimum Gasteiger partial charge on any atom is -0.719 e. The standard InChI is InChI=1S/2CH3NOS.CH4O.Zn/c2*2-1(3)4;1-2;/h2*(H3,2,3,4);2H,1H3;/q;;;+2/p-2. The molecule has 0 spiro atoms. The number of hydrogen-bond acceptors (Lipinski definition) is 5. The molecule has 0 rings (SSSR count). The van der Waals surface area contributed by atoms with Crippen molar-refractivity contribution in [3.8, 4) is 0 Å². The van der Waals surface area contributed by atoms with Crippen LogP contribution in [0.15, 0.2) is 0 Å². The largest absolute Gasteiger partial charge is 2.00 e. The Labute approximate surface area is 88.5 Å². The average Bonchev–Trinajstić information content (AvgIpc) is 1.66. The van der Waals surface area contributed by atoms with Crippen molar-refractivity contribution in [3.63, 3.8) is 0 Å². The molecule has 0 aromatic carbocycles. The van der Waals surface area contributed by atoms with Gasteiger partial charge >= 0.3 is 19.5 Å². The molecule has 0 aliphatic heterocycles. The number of primary amides is 2. The number of carbonyl (C=O) groups excluding carboxylic acids is 2. The molecule has 62 valence electrons. The van der Waals surface area contributed by atoms with Gasteiger partial charge in [-0.2, -0.15) is 0 Å². The Balaban J connectivity index is -0.0000000339. The van der Waals surface area contributed by atoms with Gasteiger partial charge in [-0.25, -0.2) is 0 Å². The number of aliphatic hydroxyl groups excluding tert-OH is 1. The summed E-state index contributed by atoms with van der Waals surface area (Å²) in [6.07, 6.45) is 0. The molecular formula is C3H8N2O3S2Zn. The van der Waals surface area contributed by atoms with Crippen LogP contribution in [-0.4, -0.2) is 22.7 Å². The maximum atomic E-state index is 9.04. The van der Waals surface area contributed by atoms with Crippen LogP contribution in [-0.2, 0) is 44.7 Å². The summed E-state index contributed by atoms with van der Waals surface area (Å²) < 4.78 is 0. The summed E-state index contributed by atoms with van der Waals surface area (Å²) >= 11 is 7.52. The molecule has 0 radical (unpaired) electrons. The molecule has 2 amide bonds. The van der Waals surface area contributed by atoms with Gasteiger partial charge in [-0.15, -0.1) is 0 Å². The van der Waals surface area contributed by atoms with Gasteiger partial charge < -0.3 is 51.4 Å². The number of amides is 2. The Morgan fingerprint density at radius 1 is 1.09 bits per heavy atom. The summed E-state index contributed by atoms with van der Waals surface area (Å²) in [6, 6.07) is 0. The SMILES string of the molecule is CO.NC(=O)[S-].NC(=O)[S-].[Zn+2]. The van der Waals surface area contributed by atoms with Gasteiger partial charge in [-0.1, -0.05) is 0 Å². The first-order valence-electron chi connectivity index (χ1n) is 1.84. The van der Waals surface area contributed by atoms with Crippen LogP contribution in [0.5, 0.6) is 0 Å². The van der Waals surface area contributed by atoms with E-state index in [1.807, 2.05) is 0 Å². The monoisotopic (exact) mass is 248 g/mol. The average molecular weight is 250 g/mol. The first kappa shape index (κ1) is 22.4. The molecule has 8 heteroatoms. The van der Waals surface area contributed by atoms with Crippen molar-refractivity contribution in [1.29, 1.82) is 0 Å². The molecule has 0 aromatic rings. The van der Waals surface area contributed by atoms with Gasteiger partial charge in [0.15, 0.2) is 0 Å². The van der Waals surface area contributed by atoms with Crippen LogP contribution in [0.2, 0.25) is 0 Å². The summed E-state index contributed by atoms with van der Waals surface area (Å²) in [5.41, 5.74) is 8.57. The zero-order valence-corrected chi connectivity index (χ0v) is 10.5. The molecule has 5 nitrogen and oxygen atoms in total. The van der Waals surface area contributed by atoms with E-state index in [4.69, 9.17) is 14.7 Å². The van der Waals surface area contributed by atoms with Crippen LogP contribution in [0.1, 0.15) is 0 Å². The van der Waals surface area contributed by atoms with Crippen LogP contribution in [0.3, 0.4) is 0 Å². The number of rotatable bonds is 0. The predicted molar refractivity (Wildman–Crippen MR) is 42.0 cm³/mol. The van der Waals surface area contributed by atoms with Crippen molar-refractivity contribution in [1.82, 2.24) is 0 Å². The Morgan fingerprint density at radius 3 is 1.09 bits per heavy atom. The Morgan fingerprint density at radius 2 is 1.09 bits per heavy atom. The minimum absolute atomic E-state index is 0. The van der Waals surface area contributed by atoms with Crippen molar-refractivity contribution in [3.05, 3.63) is 0 Å². The Bertz CT molecular complexity index is 82.6. The summed E-state index contributed by atoms with van der Waals surface area (Å²) in [6.45, 7) is 0. The fourth-order valence-electron chi connectivity index (χ4n) is 0. The van der Waals surface area contributed by atoms with Crippen LogP contribution >= 0.6 is 0 Å². The molecule has 0 saturated heterocycles. The third-order valence-corrected chi connectivity index (χ3v) is 0. The number of carbonyl (C=O) groups is 2. The Kier molecular flexibility index (Phi) is 45.9. The van der Waals surface area contributed by atoms with E-state index in [2.05, 4.69) is 36.7 Å². The molecule has 0 aliphatic carbocycles. The van der Waals surface area contributed by atoms with Crippen LogP contribution in [0, 0.1) is 0 Å². The van der Waals surface area contributed by atoms with Gasteiger partial charge in [-0.3, -0.25) is 0 Å². The zero-order valence-electron chi connectivity index (χ0n) is 5.94. The Hall–Kier alpha value is -0.0366. The van der Waals surface area contributed by atoms with E-state index < -0.39 is 10.5 Å². The molecule has 0 heterocycles. The number of nitrogens with two attached hydrogens (primary N) is 2. The van der Waals surface area contributed by atoms with Gasteiger partial charge in [0, 0.05) is 7.11 Å². The second-order valence-electron chi connectivity index (χ2n) is 0.638. The summed E-state index contributed by atoms with van der Waals surface area (Å²) in [7, 11) is 1.00. The topological polar surface area (TPSA) is 106 Å². The number of aliphatic hydroxyl groups is 1. The van der Waals surface area contributed by atoms with Gasteiger partial charge in [0.1, 0.15) is 0 Å². The molecule has 0 fully saturated rings. The zero-order chi connectivity index (χ0) is 9.15. The van der Waals surface area contributed by atoms with E-state index in [0.717, 1.165) is 7.11 Å². The summed E-state index contributed by atoms with van der Waals surface area (Å²) in [5.74, 6) is 0. The third kappa shape index (κ3) is 471000. The first-order valence-corrected chi connectivity index (χ1v) is 2.66. The van der Waals surface area contributed by atoms with Gasteiger partial charge in [-0.05, 0) is 0 Å². The minimum atomic E-state index is -0.750. The molecule has 5 N–H and O–H groups in total. The van der Waals surface area contributed by atoms with Crippen molar-refractivity contribution >= 4 is 35.7 Å². The van der Waals surface area contributed by atoms with Gasteiger partial charge in [0.2, 0.25) is 0 Å². The molecule has 0 aromatic heterocycles. The van der Waals surface area contributed by atoms with Crippen LogP contribution < -0.4 is 11.5 Å². The maximum absolute atomic E-state index is 9.04. The predicted octanol–water partition coefficient (Wildman–Crippen LogP) is -1.17. The molecule has 11 heavy (non-hydrogen) atoms. The van der Waals surface area contributed by atoms with Gasteiger partial charge in [0.25, 0.3) is 0 Å². The summed E-state index contributed by atoms with van der Waals surface area (Å²) in [5, 5.41) is 5.50. The molecule has 0 bridgehead atoms. The molecular weight excluding hydrogens is 242 g/mol. The second-order valence-corrected chi connectivity index (χ2v) is 1.44. The second kappa shape index (κ2) is 22.5. The quantitative estimate of drug-likeness (QED) is 0.370. The third-order valence-electron chi connectivity index (χ3n) is 0. The van der Waals surface area contributed by atoms with Crippen molar-refractivity contribution in [2.24, 2.45) is 11.5 Å². The number of hydrogen-bond donors (Lipinski definition) is 3. The van der Waals surface area contributed by atoms with Crippen molar-refractivity contribution in [2.75, 3.05) is 7.11 Å². The fraction of sp³-hybridized carbons (Fsp3) is 0.333.